The molecular weight excluding hydrogens is 525 g/mol. The van der Waals surface area contributed by atoms with Gasteiger partial charge < -0.3 is 15.0 Å². The van der Waals surface area contributed by atoms with Gasteiger partial charge in [-0.1, -0.05) is 18.2 Å². The van der Waals surface area contributed by atoms with Gasteiger partial charge in [0.05, 0.1) is 41.7 Å². The quantitative estimate of drug-likeness (QED) is 0.591. The standard InChI is InChI=1S/C25H25F3N4O5S/c1-16(18-5-7-20(8-6-18)25(26,27)28)30-23(33)22-15-37-10-9-32(22)24(34)19-3-2-4-21(11-19)38(35,36)31-13-17(12-29)14-31/h2-8,11,16-17,22H,9-10,13-15H2,1H3,(H,30,33)/t16-,22?/m1/s1. The van der Waals surface area contributed by atoms with Crippen LogP contribution < -0.4 is 5.32 Å². The minimum absolute atomic E-state index is 0.0684. The minimum Gasteiger partial charge on any atom is -0.377 e. The first-order valence-electron chi connectivity index (χ1n) is 11.8. The van der Waals surface area contributed by atoms with E-state index in [0.717, 1.165) is 16.4 Å². The van der Waals surface area contributed by atoms with Crippen molar-refractivity contribution < 1.29 is 35.9 Å². The number of carbonyl (C=O) groups is 2. The van der Waals surface area contributed by atoms with Crippen LogP contribution in [0.25, 0.3) is 0 Å². The zero-order valence-corrected chi connectivity index (χ0v) is 21.1. The lowest BCUT2D eigenvalue weighted by molar-refractivity contribution is -0.137. The Hall–Kier alpha value is -3.47. The summed E-state index contributed by atoms with van der Waals surface area (Å²) in [4.78, 5) is 27.6. The Labute approximate surface area is 217 Å². The van der Waals surface area contributed by atoms with E-state index >= 15 is 0 Å². The number of nitriles is 1. The summed E-state index contributed by atoms with van der Waals surface area (Å²) < 4.78 is 70.9. The molecule has 0 bridgehead atoms. The largest absolute Gasteiger partial charge is 0.416 e. The normalized spacial score (nSPS) is 19.8. The number of rotatable bonds is 6. The number of nitrogens with one attached hydrogen (secondary N) is 1. The monoisotopic (exact) mass is 550 g/mol. The van der Waals surface area contributed by atoms with Crippen LogP contribution in [-0.4, -0.2) is 68.3 Å². The fourth-order valence-electron chi connectivity index (χ4n) is 4.24. The summed E-state index contributed by atoms with van der Waals surface area (Å²) in [6.07, 6.45) is -4.48. The molecule has 2 heterocycles. The Bertz CT molecular complexity index is 1350. The molecule has 2 aromatic rings. The van der Waals surface area contributed by atoms with Gasteiger partial charge in [0, 0.05) is 25.2 Å². The SMILES string of the molecule is C[C@@H](NC(=O)C1COCCN1C(=O)c1cccc(S(=O)(=O)N2CC(C#N)C2)c1)c1ccc(C(F)(F)F)cc1. The second-order valence-corrected chi connectivity index (χ2v) is 11.1. The molecule has 0 aromatic heterocycles. The van der Waals surface area contributed by atoms with Crippen LogP contribution in [0, 0.1) is 17.2 Å². The molecule has 4 rings (SSSR count). The van der Waals surface area contributed by atoms with Crippen molar-refractivity contribution >= 4 is 21.8 Å². The van der Waals surface area contributed by atoms with Gasteiger partial charge in [-0.15, -0.1) is 0 Å². The number of benzene rings is 2. The maximum Gasteiger partial charge on any atom is 0.416 e. The van der Waals surface area contributed by atoms with Crippen molar-refractivity contribution in [2.24, 2.45) is 5.92 Å². The van der Waals surface area contributed by atoms with Crippen LogP contribution in [0.5, 0.6) is 0 Å². The summed E-state index contributed by atoms with van der Waals surface area (Å²) in [6.45, 7) is 1.93. The van der Waals surface area contributed by atoms with E-state index in [0.29, 0.717) is 5.56 Å². The number of hydrogen-bond donors (Lipinski definition) is 1. The van der Waals surface area contributed by atoms with Gasteiger partial charge in [0.2, 0.25) is 15.9 Å². The molecule has 0 saturated carbocycles. The lowest BCUT2D eigenvalue weighted by Gasteiger charge is -2.35. The van der Waals surface area contributed by atoms with Gasteiger partial charge in [0.25, 0.3) is 5.91 Å². The average molecular weight is 551 g/mol. The van der Waals surface area contributed by atoms with Crippen LogP contribution in [0.3, 0.4) is 0 Å². The molecule has 9 nitrogen and oxygen atoms in total. The zero-order valence-electron chi connectivity index (χ0n) is 20.3. The molecule has 0 aliphatic carbocycles. The first-order valence-corrected chi connectivity index (χ1v) is 13.2. The Morgan fingerprint density at radius 1 is 1.16 bits per heavy atom. The molecule has 0 radical (unpaired) electrons. The Morgan fingerprint density at radius 3 is 2.47 bits per heavy atom. The molecule has 0 spiro atoms. The number of morpholine rings is 1. The molecule has 2 aliphatic rings. The van der Waals surface area contributed by atoms with E-state index in [-0.39, 0.29) is 49.2 Å². The molecule has 2 aliphatic heterocycles. The maximum absolute atomic E-state index is 13.4. The van der Waals surface area contributed by atoms with E-state index in [2.05, 4.69) is 5.32 Å². The van der Waals surface area contributed by atoms with Gasteiger partial charge in [-0.2, -0.15) is 22.7 Å². The van der Waals surface area contributed by atoms with Crippen LogP contribution >= 0.6 is 0 Å². The first kappa shape index (κ1) is 27.6. The number of nitrogens with zero attached hydrogens (tertiary/aromatic N) is 3. The highest BCUT2D eigenvalue weighted by atomic mass is 32.2. The Balaban J connectivity index is 1.47. The molecule has 1 N–H and O–H groups in total. The number of carbonyl (C=O) groups excluding carboxylic acids is 2. The van der Waals surface area contributed by atoms with Gasteiger partial charge in [-0.05, 0) is 42.8 Å². The van der Waals surface area contributed by atoms with Crippen molar-refractivity contribution in [3.63, 3.8) is 0 Å². The summed E-state index contributed by atoms with van der Waals surface area (Å²) in [7, 11) is -3.88. The van der Waals surface area contributed by atoms with E-state index in [9.17, 15) is 31.2 Å². The predicted octanol–water partition coefficient (Wildman–Crippen LogP) is 2.57. The highest BCUT2D eigenvalue weighted by molar-refractivity contribution is 7.89. The smallest absolute Gasteiger partial charge is 0.377 e. The molecule has 38 heavy (non-hydrogen) atoms. The molecule has 202 valence electrons. The summed E-state index contributed by atoms with van der Waals surface area (Å²) in [5.41, 5.74) is -0.289. The second-order valence-electron chi connectivity index (χ2n) is 9.12. The van der Waals surface area contributed by atoms with Crippen molar-refractivity contribution in [2.75, 3.05) is 32.8 Å². The lowest BCUT2D eigenvalue weighted by atomic mass is 10.0. The third-order valence-corrected chi connectivity index (χ3v) is 8.37. The van der Waals surface area contributed by atoms with Crippen molar-refractivity contribution in [1.82, 2.24) is 14.5 Å². The second kappa shape index (κ2) is 10.7. The number of halogens is 3. The minimum atomic E-state index is -4.48. The van der Waals surface area contributed by atoms with Gasteiger partial charge in [-0.3, -0.25) is 9.59 Å². The third-order valence-electron chi connectivity index (χ3n) is 6.54. The van der Waals surface area contributed by atoms with Gasteiger partial charge in [0.15, 0.2) is 0 Å². The molecule has 2 fully saturated rings. The zero-order chi connectivity index (χ0) is 27.7. The van der Waals surface area contributed by atoms with E-state index < -0.39 is 45.7 Å². The van der Waals surface area contributed by atoms with Gasteiger partial charge in [0.1, 0.15) is 6.04 Å². The van der Waals surface area contributed by atoms with E-state index in [4.69, 9.17) is 10.00 Å². The fourth-order valence-corrected chi connectivity index (χ4v) is 5.82. The molecule has 2 amide bonds. The fraction of sp³-hybridized carbons (Fsp3) is 0.400. The summed E-state index contributed by atoms with van der Waals surface area (Å²) in [6, 6.07) is 10.2. The van der Waals surface area contributed by atoms with Crippen molar-refractivity contribution in [1.29, 1.82) is 5.26 Å². The van der Waals surface area contributed by atoms with Crippen molar-refractivity contribution in [3.8, 4) is 6.07 Å². The summed E-state index contributed by atoms with van der Waals surface area (Å²) in [5.74, 6) is -1.49. The van der Waals surface area contributed by atoms with Gasteiger partial charge in [-0.25, -0.2) is 8.42 Å². The van der Waals surface area contributed by atoms with E-state index in [1.165, 1.54) is 41.3 Å². The molecule has 1 unspecified atom stereocenters. The molecule has 2 aromatic carbocycles. The average Bonchev–Trinajstić information content (AvgIpc) is 2.87. The lowest BCUT2D eigenvalue weighted by Crippen LogP contribution is -2.56. The summed E-state index contributed by atoms with van der Waals surface area (Å²) >= 11 is 0. The predicted molar refractivity (Wildman–Crippen MR) is 128 cm³/mol. The number of alkyl halides is 3. The number of hydrogen-bond acceptors (Lipinski definition) is 6. The highest BCUT2D eigenvalue weighted by Crippen LogP contribution is 2.30. The maximum atomic E-state index is 13.4. The molecule has 2 atom stereocenters. The van der Waals surface area contributed by atoms with Gasteiger partial charge >= 0.3 is 6.18 Å². The number of ether oxygens (including phenoxy) is 1. The third kappa shape index (κ3) is 5.67. The Morgan fingerprint density at radius 2 is 1.84 bits per heavy atom. The Kier molecular flexibility index (Phi) is 7.78. The van der Waals surface area contributed by atoms with Crippen molar-refractivity contribution in [3.05, 3.63) is 65.2 Å². The molecular formula is C25H25F3N4O5S. The molecule has 2 saturated heterocycles. The van der Waals surface area contributed by atoms with Crippen LogP contribution in [0.2, 0.25) is 0 Å². The van der Waals surface area contributed by atoms with Crippen LogP contribution in [0.4, 0.5) is 13.2 Å². The topological polar surface area (TPSA) is 120 Å². The van der Waals surface area contributed by atoms with E-state index in [1.54, 1.807) is 6.92 Å². The number of sulfonamides is 1. The van der Waals surface area contributed by atoms with E-state index in [1.807, 2.05) is 6.07 Å². The molecule has 13 heteroatoms. The van der Waals surface area contributed by atoms with Crippen LogP contribution in [0.1, 0.15) is 34.5 Å². The van der Waals surface area contributed by atoms with Crippen molar-refractivity contribution in [2.45, 2.75) is 30.1 Å². The van der Waals surface area contributed by atoms with Crippen LogP contribution in [-0.2, 0) is 25.7 Å². The summed E-state index contributed by atoms with van der Waals surface area (Å²) in [5, 5.41) is 11.6. The highest BCUT2D eigenvalue weighted by Gasteiger charge is 2.38. The number of amides is 2. The first-order chi connectivity index (χ1) is 17.9. The van der Waals surface area contributed by atoms with Crippen LogP contribution in [0.15, 0.2) is 53.4 Å².